The van der Waals surface area contributed by atoms with E-state index < -0.39 is 0 Å². The molecule has 0 saturated heterocycles. The van der Waals surface area contributed by atoms with E-state index in [1.807, 2.05) is 30.3 Å². The minimum absolute atomic E-state index is 0. The molecule has 130 valence electrons. The third kappa shape index (κ3) is 6.74. The molecular weight excluding hydrogens is 420 g/mol. The summed E-state index contributed by atoms with van der Waals surface area (Å²) < 4.78 is 18.3. The van der Waals surface area contributed by atoms with E-state index in [1.54, 1.807) is 20.2 Å². The maximum absolute atomic E-state index is 13.1. The zero-order chi connectivity index (χ0) is 16.5. The van der Waals surface area contributed by atoms with Gasteiger partial charge in [0.15, 0.2) is 5.96 Å². The van der Waals surface area contributed by atoms with E-state index in [4.69, 9.17) is 4.74 Å². The molecule has 0 amide bonds. The van der Waals surface area contributed by atoms with Crippen molar-refractivity contribution in [2.75, 3.05) is 20.7 Å². The fraction of sp³-hybridized carbons (Fsp3) is 0.278. The SMILES string of the molecule is CN=C(NCCc1ccc(OC)cc1)NCc1cccc(F)c1.I. The van der Waals surface area contributed by atoms with Crippen LogP contribution < -0.4 is 15.4 Å². The molecule has 6 heteroatoms. The summed E-state index contributed by atoms with van der Waals surface area (Å²) in [6.45, 7) is 1.29. The van der Waals surface area contributed by atoms with Crippen molar-refractivity contribution in [3.05, 3.63) is 65.5 Å². The van der Waals surface area contributed by atoms with Crippen LogP contribution in [0.1, 0.15) is 11.1 Å². The lowest BCUT2D eigenvalue weighted by atomic mass is 10.1. The molecule has 0 saturated carbocycles. The molecule has 0 bridgehead atoms. The Bertz CT molecular complexity index is 647. The molecule has 4 nitrogen and oxygen atoms in total. The second-order valence-electron chi connectivity index (χ2n) is 5.08. The Labute approximate surface area is 159 Å². The Morgan fingerprint density at radius 2 is 1.83 bits per heavy atom. The van der Waals surface area contributed by atoms with Crippen LogP contribution in [0.2, 0.25) is 0 Å². The van der Waals surface area contributed by atoms with Gasteiger partial charge in [0.1, 0.15) is 11.6 Å². The number of hydrogen-bond acceptors (Lipinski definition) is 2. The number of halogens is 2. The highest BCUT2D eigenvalue weighted by Gasteiger charge is 2.00. The summed E-state index contributed by atoms with van der Waals surface area (Å²) in [5.74, 6) is 1.32. The summed E-state index contributed by atoms with van der Waals surface area (Å²) in [7, 11) is 3.37. The zero-order valence-electron chi connectivity index (χ0n) is 13.9. The number of nitrogens with one attached hydrogen (secondary N) is 2. The average Bonchev–Trinajstić information content (AvgIpc) is 2.58. The molecule has 0 aliphatic rings. The molecule has 0 atom stereocenters. The van der Waals surface area contributed by atoms with Gasteiger partial charge in [-0.2, -0.15) is 0 Å². The van der Waals surface area contributed by atoms with Gasteiger partial charge in [-0.15, -0.1) is 24.0 Å². The lowest BCUT2D eigenvalue weighted by Gasteiger charge is -2.12. The predicted molar refractivity (Wildman–Crippen MR) is 107 cm³/mol. The largest absolute Gasteiger partial charge is 0.497 e. The van der Waals surface area contributed by atoms with Gasteiger partial charge in [-0.1, -0.05) is 24.3 Å². The molecule has 0 radical (unpaired) electrons. The zero-order valence-corrected chi connectivity index (χ0v) is 16.2. The first-order valence-corrected chi connectivity index (χ1v) is 7.53. The lowest BCUT2D eigenvalue weighted by Crippen LogP contribution is -2.37. The number of guanidine groups is 1. The summed E-state index contributed by atoms with van der Waals surface area (Å²) in [5.41, 5.74) is 2.10. The standard InChI is InChI=1S/C18H22FN3O.HI/c1-20-18(22-13-15-4-3-5-16(19)12-15)21-11-10-14-6-8-17(23-2)9-7-14;/h3-9,12H,10-11,13H2,1-2H3,(H2,20,21,22);1H. The van der Waals surface area contributed by atoms with E-state index in [-0.39, 0.29) is 29.8 Å². The molecule has 2 rings (SSSR count). The van der Waals surface area contributed by atoms with E-state index in [1.165, 1.54) is 17.7 Å². The Balaban J connectivity index is 0.00000288. The molecule has 0 unspecified atom stereocenters. The van der Waals surface area contributed by atoms with E-state index in [2.05, 4.69) is 15.6 Å². The van der Waals surface area contributed by atoms with Crippen molar-refractivity contribution >= 4 is 29.9 Å². The average molecular weight is 443 g/mol. The molecule has 0 aliphatic heterocycles. The van der Waals surface area contributed by atoms with Crippen molar-refractivity contribution in [2.45, 2.75) is 13.0 Å². The number of benzene rings is 2. The van der Waals surface area contributed by atoms with Gasteiger partial charge in [-0.3, -0.25) is 4.99 Å². The van der Waals surface area contributed by atoms with Gasteiger partial charge in [-0.25, -0.2) is 4.39 Å². The van der Waals surface area contributed by atoms with Crippen LogP contribution in [0, 0.1) is 5.82 Å². The first kappa shape index (κ1) is 20.2. The highest BCUT2D eigenvalue weighted by Crippen LogP contribution is 2.11. The Morgan fingerprint density at radius 3 is 2.46 bits per heavy atom. The van der Waals surface area contributed by atoms with Crippen molar-refractivity contribution in [1.82, 2.24) is 10.6 Å². The number of aliphatic imine (C=N–C) groups is 1. The monoisotopic (exact) mass is 443 g/mol. The highest BCUT2D eigenvalue weighted by molar-refractivity contribution is 14.0. The summed E-state index contributed by atoms with van der Waals surface area (Å²) in [4.78, 5) is 4.16. The van der Waals surface area contributed by atoms with Gasteiger partial charge in [0.2, 0.25) is 0 Å². The molecule has 2 N–H and O–H groups in total. The number of methoxy groups -OCH3 is 1. The number of hydrogen-bond donors (Lipinski definition) is 2. The third-order valence-corrected chi connectivity index (χ3v) is 3.44. The number of nitrogens with zero attached hydrogens (tertiary/aromatic N) is 1. The first-order valence-electron chi connectivity index (χ1n) is 7.53. The second-order valence-corrected chi connectivity index (χ2v) is 5.08. The van der Waals surface area contributed by atoms with Crippen molar-refractivity contribution in [3.8, 4) is 5.75 Å². The number of ether oxygens (including phenoxy) is 1. The minimum Gasteiger partial charge on any atom is -0.497 e. The topological polar surface area (TPSA) is 45.7 Å². The molecule has 0 aliphatic carbocycles. The van der Waals surface area contributed by atoms with Crippen LogP contribution in [0.15, 0.2) is 53.5 Å². The van der Waals surface area contributed by atoms with E-state index >= 15 is 0 Å². The predicted octanol–water partition coefficient (Wildman–Crippen LogP) is 3.36. The van der Waals surface area contributed by atoms with Crippen LogP contribution in [0.3, 0.4) is 0 Å². The van der Waals surface area contributed by atoms with Gasteiger partial charge in [0.25, 0.3) is 0 Å². The van der Waals surface area contributed by atoms with Crippen LogP contribution in [-0.4, -0.2) is 26.7 Å². The fourth-order valence-electron chi connectivity index (χ4n) is 2.17. The summed E-state index contributed by atoms with van der Waals surface area (Å²) >= 11 is 0. The van der Waals surface area contributed by atoms with Gasteiger partial charge in [0.05, 0.1) is 7.11 Å². The third-order valence-electron chi connectivity index (χ3n) is 3.44. The maximum Gasteiger partial charge on any atom is 0.191 e. The van der Waals surface area contributed by atoms with Crippen LogP contribution >= 0.6 is 24.0 Å². The molecular formula is C18H23FIN3O. The maximum atomic E-state index is 13.1. The van der Waals surface area contributed by atoms with Crippen molar-refractivity contribution in [1.29, 1.82) is 0 Å². The van der Waals surface area contributed by atoms with Crippen LogP contribution in [-0.2, 0) is 13.0 Å². The van der Waals surface area contributed by atoms with Crippen LogP contribution in [0.5, 0.6) is 5.75 Å². The normalized spacial score (nSPS) is 10.7. The highest BCUT2D eigenvalue weighted by atomic mass is 127. The molecule has 24 heavy (non-hydrogen) atoms. The van der Waals surface area contributed by atoms with Crippen LogP contribution in [0.25, 0.3) is 0 Å². The van der Waals surface area contributed by atoms with Crippen molar-refractivity contribution in [2.24, 2.45) is 4.99 Å². The molecule has 0 fully saturated rings. The van der Waals surface area contributed by atoms with Gasteiger partial charge in [0, 0.05) is 20.1 Å². The van der Waals surface area contributed by atoms with Crippen molar-refractivity contribution < 1.29 is 9.13 Å². The second kappa shape index (κ2) is 10.9. The molecule has 0 heterocycles. The summed E-state index contributed by atoms with van der Waals surface area (Å²) in [6.07, 6.45) is 0.880. The van der Waals surface area contributed by atoms with Gasteiger partial charge < -0.3 is 15.4 Å². The van der Waals surface area contributed by atoms with E-state index in [0.29, 0.717) is 12.5 Å². The quantitative estimate of drug-likeness (QED) is 0.409. The summed E-state index contributed by atoms with van der Waals surface area (Å²) in [6, 6.07) is 14.5. The Kier molecular flexibility index (Phi) is 9.14. The smallest absolute Gasteiger partial charge is 0.191 e. The first-order chi connectivity index (χ1) is 11.2. The fourth-order valence-corrected chi connectivity index (χ4v) is 2.17. The Morgan fingerprint density at radius 1 is 1.08 bits per heavy atom. The van der Waals surface area contributed by atoms with E-state index in [9.17, 15) is 4.39 Å². The minimum atomic E-state index is -0.230. The lowest BCUT2D eigenvalue weighted by molar-refractivity contribution is 0.414. The molecule has 0 spiro atoms. The summed E-state index contributed by atoms with van der Waals surface area (Å²) in [5, 5.41) is 6.41. The molecule has 0 aromatic heterocycles. The van der Waals surface area contributed by atoms with Gasteiger partial charge >= 0.3 is 0 Å². The molecule has 2 aromatic carbocycles. The van der Waals surface area contributed by atoms with E-state index in [0.717, 1.165) is 24.3 Å². The van der Waals surface area contributed by atoms with Crippen molar-refractivity contribution in [3.63, 3.8) is 0 Å². The van der Waals surface area contributed by atoms with Crippen LogP contribution in [0.4, 0.5) is 4.39 Å². The molecule has 2 aromatic rings. The van der Waals surface area contributed by atoms with Gasteiger partial charge in [-0.05, 0) is 41.8 Å². The number of rotatable bonds is 6. The Hall–Kier alpha value is -1.83.